The number of fused-ring (bicyclic) bond motifs is 3. The number of aliphatic hydroxyl groups excluding tert-OH is 2. The molecule has 1 aromatic rings. The molecule has 1 saturated carbocycles. The van der Waals surface area contributed by atoms with Crippen LogP contribution < -0.4 is 16.0 Å². The van der Waals surface area contributed by atoms with Crippen molar-refractivity contribution >= 4 is 40.5 Å². The number of ketones is 2. The molecule has 1 fully saturated rings. The summed E-state index contributed by atoms with van der Waals surface area (Å²) in [4.78, 5) is 51.0. The van der Waals surface area contributed by atoms with E-state index >= 15 is 0 Å². The van der Waals surface area contributed by atoms with E-state index in [0.29, 0.717) is 11.3 Å². The number of aliphatic hydroxyl groups is 3. The molecule has 7 N–H and O–H groups in total. The summed E-state index contributed by atoms with van der Waals surface area (Å²) in [6, 6.07) is 1.55. The lowest BCUT2D eigenvalue weighted by atomic mass is 9.59. The summed E-state index contributed by atoms with van der Waals surface area (Å²) in [5.41, 5.74) is 2.51. The molecule has 3 aliphatic carbocycles. The highest BCUT2D eigenvalue weighted by Gasteiger charge is 2.60. The summed E-state index contributed by atoms with van der Waals surface area (Å²) in [7, 11) is 3.47. The van der Waals surface area contributed by atoms with Gasteiger partial charge in [-0.05, 0) is 30.4 Å². The van der Waals surface area contributed by atoms with Gasteiger partial charge in [0.2, 0.25) is 11.7 Å². The molecule has 0 heterocycles. The number of nitrogens with one attached hydrogen (secondary N) is 1. The highest BCUT2D eigenvalue weighted by atomic mass is 16.3. The number of hydrogen-bond acceptors (Lipinski definition) is 9. The predicted molar refractivity (Wildman–Crippen MR) is 120 cm³/mol. The number of phenolic OH excluding ortho intramolecular Hbond substituents is 1. The normalized spacial score (nSPS) is 26.0. The summed E-state index contributed by atoms with van der Waals surface area (Å²) >= 11 is 0. The summed E-state index contributed by atoms with van der Waals surface area (Å²) in [5, 5.41) is 46.4. The number of aromatic hydroxyl groups is 1. The number of primary amides is 1. The number of carbonyl (C=O) groups is 4. The van der Waals surface area contributed by atoms with Crippen molar-refractivity contribution in [3.63, 3.8) is 0 Å². The third-order valence-corrected chi connectivity index (χ3v) is 6.83. The number of nitrogens with two attached hydrogens (primary N) is 1. The molecule has 180 valence electrons. The smallest absolute Gasteiger partial charge is 0.255 e. The van der Waals surface area contributed by atoms with Crippen molar-refractivity contribution < 1.29 is 39.6 Å². The molecule has 1 aromatic carbocycles. The molecule has 34 heavy (non-hydrogen) atoms. The Hall–Kier alpha value is -3.86. The van der Waals surface area contributed by atoms with E-state index in [1.807, 2.05) is 0 Å². The lowest BCUT2D eigenvalue weighted by Gasteiger charge is -2.46. The first-order chi connectivity index (χ1) is 15.8. The first-order valence-corrected chi connectivity index (χ1v) is 10.6. The van der Waals surface area contributed by atoms with Gasteiger partial charge in [0.25, 0.3) is 5.91 Å². The van der Waals surface area contributed by atoms with Crippen LogP contribution in [0.4, 0.5) is 11.4 Å². The molecule has 0 bridgehead atoms. The number of Topliss-reactive ketones (excluding diaryl/α,β-unsaturated/α-hetero) is 2. The van der Waals surface area contributed by atoms with Gasteiger partial charge in [-0.3, -0.25) is 19.2 Å². The Balaban J connectivity index is 1.97. The summed E-state index contributed by atoms with van der Waals surface area (Å²) in [5.74, 6) is -7.44. The van der Waals surface area contributed by atoms with Crippen LogP contribution in [0.5, 0.6) is 5.75 Å². The van der Waals surface area contributed by atoms with E-state index in [9.17, 15) is 39.6 Å². The van der Waals surface area contributed by atoms with Gasteiger partial charge >= 0.3 is 0 Å². The van der Waals surface area contributed by atoms with E-state index in [-0.39, 0.29) is 36.1 Å². The summed E-state index contributed by atoms with van der Waals surface area (Å²) in [6.07, 6.45) is -0.158. The van der Waals surface area contributed by atoms with Gasteiger partial charge in [-0.2, -0.15) is 0 Å². The lowest BCUT2D eigenvalue weighted by molar-refractivity contribution is -0.147. The number of amides is 2. The second-order valence-electron chi connectivity index (χ2n) is 9.13. The van der Waals surface area contributed by atoms with Gasteiger partial charge in [0.05, 0.1) is 11.3 Å². The number of anilines is 2. The molecule has 0 aromatic heterocycles. The maximum absolute atomic E-state index is 13.5. The Bertz CT molecular complexity index is 1250. The molecular weight excluding hydrogens is 446 g/mol. The Kier molecular flexibility index (Phi) is 5.20. The van der Waals surface area contributed by atoms with Crippen molar-refractivity contribution in [2.75, 3.05) is 24.3 Å². The average Bonchev–Trinajstić information content (AvgIpc) is 2.71. The fourth-order valence-electron chi connectivity index (χ4n) is 5.35. The number of rotatable bonds is 3. The summed E-state index contributed by atoms with van der Waals surface area (Å²) < 4.78 is 0. The van der Waals surface area contributed by atoms with Crippen molar-refractivity contribution in [2.24, 2.45) is 17.6 Å². The van der Waals surface area contributed by atoms with Crippen molar-refractivity contribution in [3.05, 3.63) is 34.1 Å². The Morgan fingerprint density at radius 3 is 2.38 bits per heavy atom. The molecule has 11 heteroatoms. The Labute approximate surface area is 194 Å². The number of nitrogens with zero attached hydrogens (tertiary/aromatic N) is 1. The lowest BCUT2D eigenvalue weighted by Crippen LogP contribution is -2.58. The van der Waals surface area contributed by atoms with Crippen LogP contribution in [0.15, 0.2) is 23.0 Å². The molecular formula is C23H25N3O8. The topological polar surface area (TPSA) is 190 Å². The van der Waals surface area contributed by atoms with Crippen LogP contribution in [0, 0.1) is 11.8 Å². The first kappa shape index (κ1) is 23.3. The van der Waals surface area contributed by atoms with Crippen LogP contribution in [0.1, 0.15) is 30.9 Å². The van der Waals surface area contributed by atoms with E-state index in [4.69, 9.17) is 5.73 Å². The first-order valence-electron chi connectivity index (χ1n) is 10.6. The Morgan fingerprint density at radius 2 is 1.82 bits per heavy atom. The highest BCUT2D eigenvalue weighted by Crippen LogP contribution is 2.54. The number of hydrogen-bond donors (Lipinski definition) is 6. The van der Waals surface area contributed by atoms with Crippen LogP contribution in [0.3, 0.4) is 0 Å². The van der Waals surface area contributed by atoms with E-state index in [1.165, 1.54) is 6.92 Å². The number of phenols is 1. The zero-order valence-corrected chi connectivity index (χ0v) is 18.8. The second-order valence-corrected chi connectivity index (χ2v) is 9.13. The molecule has 0 saturated heterocycles. The van der Waals surface area contributed by atoms with Crippen molar-refractivity contribution in [3.8, 4) is 5.75 Å². The fraction of sp³-hybridized carbons (Fsp3) is 0.391. The van der Waals surface area contributed by atoms with E-state index in [0.717, 1.165) is 0 Å². The quantitative estimate of drug-likeness (QED) is 0.268. The van der Waals surface area contributed by atoms with Crippen LogP contribution >= 0.6 is 0 Å². The van der Waals surface area contributed by atoms with Gasteiger partial charge in [-0.25, -0.2) is 0 Å². The third kappa shape index (κ3) is 3.07. The number of carbonyl (C=O) groups excluding carboxylic acids is 4. The zero-order valence-electron chi connectivity index (χ0n) is 18.8. The van der Waals surface area contributed by atoms with E-state index in [2.05, 4.69) is 5.32 Å². The van der Waals surface area contributed by atoms with Gasteiger partial charge in [0.15, 0.2) is 11.4 Å². The monoisotopic (exact) mass is 471 g/mol. The maximum atomic E-state index is 13.5. The van der Waals surface area contributed by atoms with Crippen LogP contribution in [0.25, 0.3) is 5.76 Å². The standard InChI is InChI=1S/C23H25N3O8/c1-8(27)25-12-7-13(26(2)3)11-5-9-4-10-6-14(28)17(22(24)33)21(32)23(10,34)20(31)15(9)19(30)16(11)18(12)29/h7,9-10,29-30,32,34H,4-6H2,1-3H3,(H2,24,33)(H,25,27)/t9-,10+,23+/m1/s1. The zero-order chi connectivity index (χ0) is 25.3. The van der Waals surface area contributed by atoms with E-state index < -0.39 is 63.7 Å². The maximum Gasteiger partial charge on any atom is 0.255 e. The molecule has 4 rings (SSSR count). The van der Waals surface area contributed by atoms with Gasteiger partial charge in [0.1, 0.15) is 22.8 Å². The van der Waals surface area contributed by atoms with Crippen molar-refractivity contribution in [2.45, 2.75) is 31.8 Å². The molecule has 3 aliphatic rings. The molecule has 3 atom stereocenters. The molecule has 11 nitrogen and oxygen atoms in total. The molecule has 0 radical (unpaired) electrons. The van der Waals surface area contributed by atoms with Gasteiger partial charge in [-0.15, -0.1) is 0 Å². The van der Waals surface area contributed by atoms with Gasteiger partial charge < -0.3 is 36.4 Å². The molecule has 0 aliphatic heterocycles. The van der Waals surface area contributed by atoms with Crippen LogP contribution in [-0.4, -0.2) is 63.5 Å². The van der Waals surface area contributed by atoms with Crippen molar-refractivity contribution in [1.82, 2.24) is 0 Å². The largest absolute Gasteiger partial charge is 0.508 e. The Morgan fingerprint density at radius 1 is 1.18 bits per heavy atom. The minimum atomic E-state index is -2.62. The molecule has 0 unspecified atom stereocenters. The van der Waals surface area contributed by atoms with Gasteiger partial charge in [0, 0.05) is 44.6 Å². The third-order valence-electron chi connectivity index (χ3n) is 6.83. The van der Waals surface area contributed by atoms with Crippen molar-refractivity contribution in [1.29, 1.82) is 0 Å². The predicted octanol–water partition coefficient (Wildman–Crippen LogP) is 0.448. The minimum absolute atomic E-state index is 0.0161. The second kappa shape index (κ2) is 7.59. The van der Waals surface area contributed by atoms with Crippen LogP contribution in [-0.2, 0) is 25.6 Å². The number of benzene rings is 1. The van der Waals surface area contributed by atoms with Crippen LogP contribution in [0.2, 0.25) is 0 Å². The minimum Gasteiger partial charge on any atom is -0.508 e. The highest BCUT2D eigenvalue weighted by molar-refractivity contribution is 6.22. The molecule has 0 spiro atoms. The van der Waals surface area contributed by atoms with E-state index in [1.54, 1.807) is 25.1 Å². The molecule has 2 amide bonds. The average molecular weight is 471 g/mol. The summed E-state index contributed by atoms with van der Waals surface area (Å²) in [6.45, 7) is 1.25. The fourth-order valence-corrected chi connectivity index (χ4v) is 5.35. The van der Waals surface area contributed by atoms with Gasteiger partial charge in [-0.1, -0.05) is 0 Å². The SMILES string of the molecule is CC(=O)Nc1cc(N(C)C)c2c(c1O)C(O)=C1C(=O)[C@]3(O)C(O)=C(C(N)=O)C(=O)C[C@@H]3C[C@@H]1C2.